The molecule has 4 rings (SSSR count). The number of alkyl halides is 3. The SMILES string of the molecule is FC(F)(F)Oc1ccc(Nc2nc3ccccc3n3cncc23)c(Br)c1. The van der Waals surface area contributed by atoms with Gasteiger partial charge in [-0.25, -0.2) is 9.97 Å². The largest absolute Gasteiger partial charge is 0.573 e. The van der Waals surface area contributed by atoms with Crippen LogP contribution in [-0.4, -0.2) is 20.7 Å². The molecule has 1 N–H and O–H groups in total. The van der Waals surface area contributed by atoms with Crippen LogP contribution in [0.15, 0.2) is 59.5 Å². The Hall–Kier alpha value is -2.81. The van der Waals surface area contributed by atoms with E-state index in [2.05, 4.69) is 36.0 Å². The molecule has 2 aromatic carbocycles. The average Bonchev–Trinajstić information content (AvgIpc) is 3.06. The van der Waals surface area contributed by atoms with Gasteiger partial charge in [0.1, 0.15) is 11.3 Å². The molecular formula is C17H10BrF3N4O. The Morgan fingerprint density at radius 2 is 1.88 bits per heavy atom. The van der Waals surface area contributed by atoms with Crippen molar-refractivity contribution in [2.24, 2.45) is 0 Å². The van der Waals surface area contributed by atoms with Crippen LogP contribution in [0.5, 0.6) is 5.75 Å². The Bertz CT molecular complexity index is 1110. The molecule has 0 aliphatic carbocycles. The van der Waals surface area contributed by atoms with Crippen molar-refractivity contribution in [3.63, 3.8) is 0 Å². The highest BCUT2D eigenvalue weighted by molar-refractivity contribution is 9.10. The first-order chi connectivity index (χ1) is 12.4. The molecule has 0 saturated heterocycles. The molecule has 0 atom stereocenters. The second-order valence-corrected chi connectivity index (χ2v) is 6.27. The lowest BCUT2D eigenvalue weighted by Gasteiger charge is -2.13. The second kappa shape index (κ2) is 6.17. The van der Waals surface area contributed by atoms with Crippen LogP contribution in [0, 0.1) is 0 Å². The van der Waals surface area contributed by atoms with Crippen LogP contribution in [0.2, 0.25) is 0 Å². The number of nitrogens with one attached hydrogen (secondary N) is 1. The van der Waals surface area contributed by atoms with E-state index in [4.69, 9.17) is 0 Å². The fraction of sp³-hybridized carbons (Fsp3) is 0.0588. The van der Waals surface area contributed by atoms with Gasteiger partial charge in [0.05, 0.1) is 29.2 Å². The molecule has 5 nitrogen and oxygen atoms in total. The number of ether oxygens (including phenoxy) is 1. The summed E-state index contributed by atoms with van der Waals surface area (Å²) in [6.07, 6.45) is -1.39. The van der Waals surface area contributed by atoms with E-state index in [1.165, 1.54) is 18.2 Å². The van der Waals surface area contributed by atoms with E-state index in [1.807, 2.05) is 28.7 Å². The summed E-state index contributed by atoms with van der Waals surface area (Å²) in [7, 11) is 0. The number of para-hydroxylation sites is 2. The van der Waals surface area contributed by atoms with E-state index < -0.39 is 6.36 Å². The van der Waals surface area contributed by atoms with Crippen LogP contribution in [-0.2, 0) is 0 Å². The summed E-state index contributed by atoms with van der Waals surface area (Å²) in [6.45, 7) is 0. The van der Waals surface area contributed by atoms with Gasteiger partial charge in [-0.05, 0) is 46.3 Å². The number of hydrogen-bond acceptors (Lipinski definition) is 4. The molecule has 26 heavy (non-hydrogen) atoms. The van der Waals surface area contributed by atoms with Crippen LogP contribution < -0.4 is 10.1 Å². The Morgan fingerprint density at radius 1 is 1.08 bits per heavy atom. The van der Waals surface area contributed by atoms with Gasteiger partial charge in [-0.2, -0.15) is 0 Å². The first kappa shape index (κ1) is 16.6. The van der Waals surface area contributed by atoms with E-state index in [0.29, 0.717) is 16.0 Å². The maximum atomic E-state index is 12.3. The molecule has 0 aliphatic heterocycles. The van der Waals surface area contributed by atoms with Crippen LogP contribution in [0.1, 0.15) is 0 Å². The summed E-state index contributed by atoms with van der Waals surface area (Å²) in [5.41, 5.74) is 2.95. The second-order valence-electron chi connectivity index (χ2n) is 5.41. The van der Waals surface area contributed by atoms with E-state index in [-0.39, 0.29) is 5.75 Å². The molecular weight excluding hydrogens is 413 g/mol. The molecule has 2 aromatic heterocycles. The predicted octanol–water partition coefficient (Wildman–Crippen LogP) is 5.29. The molecule has 0 unspecified atom stereocenters. The Labute approximate surface area is 153 Å². The third-order valence-corrected chi connectivity index (χ3v) is 4.34. The van der Waals surface area contributed by atoms with Gasteiger partial charge in [0, 0.05) is 4.47 Å². The quantitative estimate of drug-likeness (QED) is 0.487. The molecule has 0 amide bonds. The van der Waals surface area contributed by atoms with Gasteiger partial charge in [-0.3, -0.25) is 4.40 Å². The Morgan fingerprint density at radius 3 is 2.65 bits per heavy atom. The van der Waals surface area contributed by atoms with Crippen LogP contribution in [0.4, 0.5) is 24.7 Å². The van der Waals surface area contributed by atoms with Crippen molar-refractivity contribution >= 4 is 44.0 Å². The van der Waals surface area contributed by atoms with E-state index in [1.54, 1.807) is 12.5 Å². The lowest BCUT2D eigenvalue weighted by atomic mass is 10.2. The zero-order valence-electron chi connectivity index (χ0n) is 13.0. The van der Waals surface area contributed by atoms with Crippen molar-refractivity contribution in [1.29, 1.82) is 0 Å². The number of halogens is 4. The van der Waals surface area contributed by atoms with Crippen molar-refractivity contribution in [1.82, 2.24) is 14.4 Å². The van der Waals surface area contributed by atoms with Crippen molar-refractivity contribution in [2.75, 3.05) is 5.32 Å². The molecule has 0 saturated carbocycles. The summed E-state index contributed by atoms with van der Waals surface area (Å²) >= 11 is 3.26. The first-order valence-corrected chi connectivity index (χ1v) is 8.23. The highest BCUT2D eigenvalue weighted by Gasteiger charge is 2.31. The molecule has 9 heteroatoms. The fourth-order valence-corrected chi connectivity index (χ4v) is 3.07. The number of fused-ring (bicyclic) bond motifs is 3. The smallest absolute Gasteiger partial charge is 0.406 e. The van der Waals surface area contributed by atoms with Gasteiger partial charge in [0.25, 0.3) is 0 Å². The Kier molecular flexibility index (Phi) is 3.95. The normalized spacial score (nSPS) is 11.8. The maximum absolute atomic E-state index is 12.3. The summed E-state index contributed by atoms with van der Waals surface area (Å²) in [6, 6.07) is 11.5. The topological polar surface area (TPSA) is 51.5 Å². The molecule has 132 valence electrons. The summed E-state index contributed by atoms with van der Waals surface area (Å²) in [5, 5.41) is 3.13. The van der Waals surface area contributed by atoms with E-state index >= 15 is 0 Å². The highest BCUT2D eigenvalue weighted by Crippen LogP contribution is 2.33. The van der Waals surface area contributed by atoms with Crippen molar-refractivity contribution < 1.29 is 17.9 Å². The zero-order chi connectivity index (χ0) is 18.3. The number of aromatic nitrogens is 3. The van der Waals surface area contributed by atoms with E-state index in [9.17, 15) is 13.2 Å². The summed E-state index contributed by atoms with van der Waals surface area (Å²) in [4.78, 5) is 8.75. The third-order valence-electron chi connectivity index (χ3n) is 3.68. The first-order valence-electron chi connectivity index (χ1n) is 7.44. The molecule has 0 fully saturated rings. The summed E-state index contributed by atoms with van der Waals surface area (Å²) in [5.74, 6) is 0.224. The predicted molar refractivity (Wildman–Crippen MR) is 94.6 cm³/mol. The standard InChI is InChI=1S/C17H10BrF3N4O/c18-11-7-10(26-17(19,20)21)5-6-12(11)23-16-15-8-22-9-25(15)14-4-2-1-3-13(14)24-16/h1-9H,(H,23,24). The van der Waals surface area contributed by atoms with Gasteiger partial charge in [0.15, 0.2) is 5.82 Å². The van der Waals surface area contributed by atoms with Gasteiger partial charge in [-0.15, -0.1) is 13.2 Å². The number of anilines is 2. The maximum Gasteiger partial charge on any atom is 0.573 e. The molecule has 0 spiro atoms. The lowest BCUT2D eigenvalue weighted by Crippen LogP contribution is -2.17. The monoisotopic (exact) mass is 422 g/mol. The Balaban J connectivity index is 1.74. The molecule has 0 radical (unpaired) electrons. The van der Waals surface area contributed by atoms with Gasteiger partial charge in [-0.1, -0.05) is 12.1 Å². The van der Waals surface area contributed by atoms with Crippen molar-refractivity contribution in [2.45, 2.75) is 6.36 Å². The number of rotatable bonds is 3. The minimum Gasteiger partial charge on any atom is -0.406 e. The van der Waals surface area contributed by atoms with Gasteiger partial charge >= 0.3 is 6.36 Å². The minimum atomic E-state index is -4.74. The lowest BCUT2D eigenvalue weighted by molar-refractivity contribution is -0.274. The molecule has 0 bridgehead atoms. The van der Waals surface area contributed by atoms with Gasteiger partial charge in [0.2, 0.25) is 0 Å². The van der Waals surface area contributed by atoms with Crippen LogP contribution in [0.25, 0.3) is 16.6 Å². The molecule has 0 aliphatic rings. The third kappa shape index (κ3) is 3.17. The molecule has 4 aromatic rings. The fourth-order valence-electron chi connectivity index (χ4n) is 2.62. The van der Waals surface area contributed by atoms with Crippen LogP contribution in [0.3, 0.4) is 0 Å². The highest BCUT2D eigenvalue weighted by atomic mass is 79.9. The number of benzene rings is 2. The van der Waals surface area contributed by atoms with Crippen molar-refractivity contribution in [3.8, 4) is 5.75 Å². The molecule has 2 heterocycles. The minimum absolute atomic E-state index is 0.309. The van der Waals surface area contributed by atoms with Gasteiger partial charge < -0.3 is 10.1 Å². The number of nitrogens with zero attached hydrogens (tertiary/aromatic N) is 3. The zero-order valence-corrected chi connectivity index (χ0v) is 14.5. The number of imidazole rings is 1. The van der Waals surface area contributed by atoms with Crippen LogP contribution >= 0.6 is 15.9 Å². The summed E-state index contributed by atoms with van der Waals surface area (Å²) < 4.78 is 43.2. The van der Waals surface area contributed by atoms with E-state index in [0.717, 1.165) is 16.6 Å². The number of hydrogen-bond donors (Lipinski definition) is 1. The van der Waals surface area contributed by atoms with Crippen molar-refractivity contribution in [3.05, 3.63) is 59.5 Å². The average molecular weight is 423 g/mol.